The molecule has 2 unspecified atom stereocenters. The Labute approximate surface area is 320 Å². The number of hydrogen-bond acceptors (Lipinski definition) is 10. The number of allylic oxidation sites excluding steroid dienone is 1. The standard InChI is InChI=1S/C44H58N6O4/c1-34-28-37(33-49-20-18-45-19-21-49)8-9-39(34)31-47-17-3-25-53-41-14-15-42-43(29-41)54-44(48-42)38-10-12-40(13-11-38)52-24-2-16-46-30-35-4-6-36(7-5-35)32-50-22-26-51-27-23-50/h4-15,28-29,34,39,45-47H,2-3,16-27,30-33H2,1H3. The number of ether oxygens (including phenoxy) is 3. The van der Waals surface area contributed by atoms with E-state index in [-0.39, 0.29) is 0 Å². The van der Waals surface area contributed by atoms with Crippen molar-refractivity contribution >= 4 is 11.1 Å². The molecule has 2 saturated heterocycles. The molecule has 3 N–H and O–H groups in total. The number of nitrogens with zero attached hydrogens (tertiary/aromatic N) is 3. The third-order valence-corrected chi connectivity index (χ3v) is 10.6. The van der Waals surface area contributed by atoms with Gasteiger partial charge in [-0.15, -0.1) is 0 Å². The fraction of sp³-hybridized carbons (Fsp3) is 0.477. The average molecular weight is 735 g/mol. The van der Waals surface area contributed by atoms with E-state index in [1.165, 1.54) is 16.7 Å². The molecule has 0 bridgehead atoms. The number of aromatic nitrogens is 1. The number of fused-ring (bicyclic) bond motifs is 1. The number of oxazole rings is 1. The van der Waals surface area contributed by atoms with E-state index in [2.05, 4.69) is 75.2 Å². The molecule has 54 heavy (non-hydrogen) atoms. The van der Waals surface area contributed by atoms with Crippen molar-refractivity contribution in [2.24, 2.45) is 11.8 Å². The third kappa shape index (κ3) is 11.5. The molecule has 2 fully saturated rings. The van der Waals surface area contributed by atoms with Crippen LogP contribution in [-0.4, -0.2) is 107 Å². The summed E-state index contributed by atoms with van der Waals surface area (Å²) < 4.78 is 23.7. The molecule has 0 amide bonds. The van der Waals surface area contributed by atoms with E-state index < -0.39 is 0 Å². The van der Waals surface area contributed by atoms with Gasteiger partial charge in [-0.3, -0.25) is 9.80 Å². The Morgan fingerprint density at radius 1 is 0.796 bits per heavy atom. The largest absolute Gasteiger partial charge is 0.494 e. The third-order valence-electron chi connectivity index (χ3n) is 10.6. The van der Waals surface area contributed by atoms with Crippen LogP contribution in [0.3, 0.4) is 0 Å². The van der Waals surface area contributed by atoms with Crippen molar-refractivity contribution in [3.63, 3.8) is 0 Å². The minimum Gasteiger partial charge on any atom is -0.494 e. The Balaban J connectivity index is 0.760. The summed E-state index contributed by atoms with van der Waals surface area (Å²) in [6, 6.07) is 22.8. The lowest BCUT2D eigenvalue weighted by Crippen LogP contribution is -2.44. The summed E-state index contributed by atoms with van der Waals surface area (Å²) in [5.74, 6) is 3.31. The molecule has 7 rings (SSSR count). The van der Waals surface area contributed by atoms with Crippen LogP contribution in [0.15, 0.2) is 94.9 Å². The van der Waals surface area contributed by atoms with Crippen LogP contribution in [0.5, 0.6) is 11.5 Å². The van der Waals surface area contributed by atoms with Crippen LogP contribution in [0.2, 0.25) is 0 Å². The van der Waals surface area contributed by atoms with Crippen molar-refractivity contribution in [3.05, 3.63) is 102 Å². The van der Waals surface area contributed by atoms with Gasteiger partial charge in [0.2, 0.25) is 5.89 Å². The average Bonchev–Trinajstić information content (AvgIpc) is 3.64. The maximum absolute atomic E-state index is 6.13. The first kappa shape index (κ1) is 38.3. The van der Waals surface area contributed by atoms with Crippen molar-refractivity contribution < 1.29 is 18.6 Å². The summed E-state index contributed by atoms with van der Waals surface area (Å²) in [6.07, 6.45) is 9.05. The van der Waals surface area contributed by atoms with Gasteiger partial charge in [0.05, 0.1) is 26.4 Å². The van der Waals surface area contributed by atoms with Gasteiger partial charge in [-0.05, 0) is 90.9 Å². The predicted octanol–water partition coefficient (Wildman–Crippen LogP) is 5.90. The van der Waals surface area contributed by atoms with Crippen molar-refractivity contribution in [2.75, 3.05) is 91.9 Å². The second-order valence-electron chi connectivity index (χ2n) is 14.8. The molecule has 3 aliphatic rings. The molecule has 3 heterocycles. The summed E-state index contributed by atoms with van der Waals surface area (Å²) >= 11 is 0. The van der Waals surface area contributed by atoms with E-state index >= 15 is 0 Å². The maximum Gasteiger partial charge on any atom is 0.227 e. The van der Waals surface area contributed by atoms with Gasteiger partial charge in [-0.1, -0.05) is 49.4 Å². The highest BCUT2D eigenvalue weighted by Crippen LogP contribution is 2.28. The summed E-state index contributed by atoms with van der Waals surface area (Å²) in [4.78, 5) is 9.70. The molecule has 1 aromatic heterocycles. The number of rotatable bonds is 19. The second-order valence-corrected chi connectivity index (χ2v) is 14.8. The van der Waals surface area contributed by atoms with Crippen LogP contribution in [-0.2, 0) is 17.8 Å². The normalized spacial score (nSPS) is 19.6. The number of morpholine rings is 1. The van der Waals surface area contributed by atoms with E-state index in [1.807, 2.05) is 42.5 Å². The lowest BCUT2D eigenvalue weighted by atomic mass is 9.87. The smallest absolute Gasteiger partial charge is 0.227 e. The van der Waals surface area contributed by atoms with Crippen LogP contribution >= 0.6 is 0 Å². The molecule has 4 aromatic rings. The SMILES string of the molecule is CC1C=C(CN2CCNCC2)C=CC1CNCCCOc1ccc2nc(-c3ccc(OCCCNCc4ccc(CN5CCOCC5)cc4)cc3)oc2c1. The molecule has 0 radical (unpaired) electrons. The fourth-order valence-electron chi connectivity index (χ4n) is 7.29. The van der Waals surface area contributed by atoms with Crippen LogP contribution in [0, 0.1) is 11.8 Å². The summed E-state index contributed by atoms with van der Waals surface area (Å²) in [7, 11) is 0. The minimum absolute atomic E-state index is 0.531. The molecule has 288 valence electrons. The minimum atomic E-state index is 0.531. The number of benzene rings is 3. The van der Waals surface area contributed by atoms with Gasteiger partial charge in [-0.2, -0.15) is 0 Å². The summed E-state index contributed by atoms with van der Waals surface area (Å²) in [6.45, 7) is 17.5. The molecule has 2 atom stereocenters. The number of piperazine rings is 1. The van der Waals surface area contributed by atoms with Gasteiger partial charge in [0.15, 0.2) is 5.58 Å². The van der Waals surface area contributed by atoms with Crippen molar-refractivity contribution in [1.29, 1.82) is 0 Å². The van der Waals surface area contributed by atoms with E-state index in [4.69, 9.17) is 23.6 Å². The summed E-state index contributed by atoms with van der Waals surface area (Å²) in [5.41, 5.74) is 6.57. The van der Waals surface area contributed by atoms with Gasteiger partial charge in [0.25, 0.3) is 0 Å². The monoisotopic (exact) mass is 734 g/mol. The molecule has 3 aromatic carbocycles. The first-order valence-corrected chi connectivity index (χ1v) is 20.0. The van der Waals surface area contributed by atoms with Gasteiger partial charge in [-0.25, -0.2) is 4.98 Å². The van der Waals surface area contributed by atoms with Gasteiger partial charge in [0.1, 0.15) is 17.0 Å². The number of hydrogen-bond donors (Lipinski definition) is 3. The Morgan fingerprint density at radius 2 is 1.50 bits per heavy atom. The molecule has 1 aliphatic carbocycles. The van der Waals surface area contributed by atoms with E-state index in [1.54, 1.807) is 0 Å². The first-order chi connectivity index (χ1) is 26.6. The van der Waals surface area contributed by atoms with Crippen LogP contribution < -0.4 is 25.4 Å². The highest BCUT2D eigenvalue weighted by atomic mass is 16.5. The zero-order valence-electron chi connectivity index (χ0n) is 31.9. The highest BCUT2D eigenvalue weighted by Gasteiger charge is 2.19. The predicted molar refractivity (Wildman–Crippen MR) is 216 cm³/mol. The topological polar surface area (TPSA) is 96.3 Å². The zero-order valence-corrected chi connectivity index (χ0v) is 31.9. The molecule has 0 saturated carbocycles. The summed E-state index contributed by atoms with van der Waals surface area (Å²) in [5, 5.41) is 10.6. The van der Waals surface area contributed by atoms with Gasteiger partial charge in [0, 0.05) is 77.1 Å². The van der Waals surface area contributed by atoms with Crippen LogP contribution in [0.4, 0.5) is 0 Å². The highest BCUT2D eigenvalue weighted by molar-refractivity contribution is 5.77. The van der Waals surface area contributed by atoms with E-state index in [0.29, 0.717) is 30.9 Å². The molecule has 0 spiro atoms. The van der Waals surface area contributed by atoms with E-state index in [0.717, 1.165) is 133 Å². The Morgan fingerprint density at radius 3 is 2.28 bits per heavy atom. The van der Waals surface area contributed by atoms with Crippen LogP contribution in [0.25, 0.3) is 22.6 Å². The van der Waals surface area contributed by atoms with Gasteiger partial charge >= 0.3 is 0 Å². The Hall–Kier alpha value is -4.03. The van der Waals surface area contributed by atoms with Crippen molar-refractivity contribution in [3.8, 4) is 23.0 Å². The maximum atomic E-state index is 6.13. The number of nitrogens with one attached hydrogen (secondary N) is 3. The van der Waals surface area contributed by atoms with E-state index in [9.17, 15) is 0 Å². The lowest BCUT2D eigenvalue weighted by Gasteiger charge is -2.30. The Kier molecular flexibility index (Phi) is 14.2. The molecular formula is C44H58N6O4. The van der Waals surface area contributed by atoms with Crippen molar-refractivity contribution in [2.45, 2.75) is 32.9 Å². The zero-order chi connectivity index (χ0) is 36.8. The quantitative estimate of drug-likeness (QED) is 0.101. The Bertz CT molecular complexity index is 1780. The molecule has 2 aliphatic heterocycles. The molecular weight excluding hydrogens is 677 g/mol. The molecule has 10 heteroatoms. The first-order valence-electron chi connectivity index (χ1n) is 20.0. The molecule has 10 nitrogen and oxygen atoms in total. The fourth-order valence-corrected chi connectivity index (χ4v) is 7.29. The van der Waals surface area contributed by atoms with Crippen molar-refractivity contribution in [1.82, 2.24) is 30.7 Å². The lowest BCUT2D eigenvalue weighted by molar-refractivity contribution is 0.0342. The van der Waals surface area contributed by atoms with Crippen LogP contribution in [0.1, 0.15) is 30.9 Å². The second kappa shape index (κ2) is 20.0. The van der Waals surface area contributed by atoms with Gasteiger partial charge < -0.3 is 34.6 Å².